The first-order valence-corrected chi connectivity index (χ1v) is 13.4. The van der Waals surface area contributed by atoms with Crippen LogP contribution in [0.1, 0.15) is 40.7 Å². The van der Waals surface area contributed by atoms with Gasteiger partial charge in [-0.3, -0.25) is 19.3 Å². The van der Waals surface area contributed by atoms with Crippen molar-refractivity contribution in [3.63, 3.8) is 0 Å². The zero-order valence-corrected chi connectivity index (χ0v) is 23.7. The maximum atomic E-state index is 14.0. The molecule has 0 fully saturated rings. The predicted octanol–water partition coefficient (Wildman–Crippen LogP) is 1.62. The summed E-state index contributed by atoms with van der Waals surface area (Å²) in [5.74, 6) is -7.38. The molecule has 1 amide bonds. The molecule has 3 aliphatic carbocycles. The Hall–Kier alpha value is -3.62. The number of allylic oxidation sites excluding steroid dienone is 1. The van der Waals surface area contributed by atoms with E-state index >= 15 is 0 Å². The highest BCUT2D eigenvalue weighted by atomic mass is 19.4. The van der Waals surface area contributed by atoms with Crippen molar-refractivity contribution in [2.24, 2.45) is 17.6 Å². The Labute approximate surface area is 240 Å². The van der Waals surface area contributed by atoms with Crippen LogP contribution in [0.3, 0.4) is 0 Å². The van der Waals surface area contributed by atoms with Gasteiger partial charge < -0.3 is 36.4 Å². The molecule has 1 aromatic carbocycles. The van der Waals surface area contributed by atoms with Crippen molar-refractivity contribution >= 4 is 23.2 Å². The number of carbonyl (C=O) groups is 3. The molecule has 42 heavy (non-hydrogen) atoms. The number of phenols is 1. The molecular formula is C28H35F3N4O7. The number of benzene rings is 1. The minimum atomic E-state index is -4.30. The first kappa shape index (κ1) is 31.3. The van der Waals surface area contributed by atoms with Crippen molar-refractivity contribution in [2.75, 3.05) is 39.6 Å². The van der Waals surface area contributed by atoms with Gasteiger partial charge in [-0.25, -0.2) is 0 Å². The Morgan fingerprint density at radius 2 is 1.81 bits per heavy atom. The van der Waals surface area contributed by atoms with Crippen LogP contribution < -0.4 is 16.0 Å². The second kappa shape index (κ2) is 10.9. The number of aromatic hydroxyl groups is 1. The van der Waals surface area contributed by atoms with Gasteiger partial charge in [-0.15, -0.1) is 0 Å². The molecule has 7 N–H and O–H groups in total. The van der Waals surface area contributed by atoms with Crippen molar-refractivity contribution < 1.29 is 48.0 Å². The van der Waals surface area contributed by atoms with Crippen LogP contribution in [0.4, 0.5) is 18.9 Å². The number of Topliss-reactive ketones (excluding diaryl/α,β-unsaturated/α-hetero) is 2. The lowest BCUT2D eigenvalue weighted by molar-refractivity contribution is -0.148. The Morgan fingerprint density at radius 3 is 2.36 bits per heavy atom. The molecular weight excluding hydrogens is 561 g/mol. The summed E-state index contributed by atoms with van der Waals surface area (Å²) in [5, 5.41) is 48.0. The van der Waals surface area contributed by atoms with E-state index in [0.29, 0.717) is 11.3 Å². The van der Waals surface area contributed by atoms with E-state index < -0.39 is 76.4 Å². The fourth-order valence-electron chi connectivity index (χ4n) is 6.52. The number of phenolic OH excluding ortho intramolecular Hbond substituents is 1. The number of halogens is 3. The summed E-state index contributed by atoms with van der Waals surface area (Å²) in [6.45, 7) is -0.0535. The van der Waals surface area contributed by atoms with E-state index in [2.05, 4.69) is 5.32 Å². The van der Waals surface area contributed by atoms with Crippen LogP contribution in [0.2, 0.25) is 0 Å². The number of aliphatic hydroxyl groups is 3. The van der Waals surface area contributed by atoms with Crippen molar-refractivity contribution in [3.8, 4) is 5.75 Å². The number of anilines is 1. The van der Waals surface area contributed by atoms with Gasteiger partial charge in [0.1, 0.15) is 22.8 Å². The number of hydrogen-bond donors (Lipinski definition) is 6. The Balaban J connectivity index is 1.80. The van der Waals surface area contributed by atoms with Crippen molar-refractivity contribution in [3.05, 3.63) is 45.4 Å². The minimum Gasteiger partial charge on any atom is -0.510 e. The number of ketones is 2. The number of alkyl halides is 3. The normalized spacial score (nSPS) is 25.9. The topological polar surface area (TPSA) is 177 Å². The minimum absolute atomic E-state index is 0.00142. The monoisotopic (exact) mass is 596 g/mol. The quantitative estimate of drug-likeness (QED) is 0.191. The summed E-state index contributed by atoms with van der Waals surface area (Å²) < 4.78 is 37.5. The molecule has 0 heterocycles. The molecule has 0 aliphatic heterocycles. The number of primary amides is 1. The molecule has 0 unspecified atom stereocenters. The van der Waals surface area contributed by atoms with E-state index in [1.54, 1.807) is 39.2 Å². The van der Waals surface area contributed by atoms with Crippen LogP contribution in [0.25, 0.3) is 0 Å². The van der Waals surface area contributed by atoms with Gasteiger partial charge in [-0.2, -0.15) is 13.2 Å². The maximum absolute atomic E-state index is 14.0. The molecule has 1 aromatic rings. The van der Waals surface area contributed by atoms with Crippen LogP contribution in [0.5, 0.6) is 5.75 Å². The molecule has 4 rings (SSSR count). The number of nitrogens with two attached hydrogens (primary N) is 1. The van der Waals surface area contributed by atoms with Crippen molar-refractivity contribution in [1.82, 2.24) is 10.2 Å². The van der Waals surface area contributed by atoms with Gasteiger partial charge in [-0.05, 0) is 57.5 Å². The van der Waals surface area contributed by atoms with Gasteiger partial charge >= 0.3 is 6.18 Å². The molecule has 11 nitrogen and oxygen atoms in total. The second-order valence-corrected chi connectivity index (χ2v) is 11.5. The first-order chi connectivity index (χ1) is 19.4. The lowest BCUT2D eigenvalue weighted by Crippen LogP contribution is -2.63. The van der Waals surface area contributed by atoms with E-state index in [4.69, 9.17) is 5.73 Å². The lowest BCUT2D eigenvalue weighted by atomic mass is 9.58. The van der Waals surface area contributed by atoms with E-state index in [9.17, 15) is 48.0 Å². The average Bonchev–Trinajstić information content (AvgIpc) is 2.85. The Kier molecular flexibility index (Phi) is 8.13. The van der Waals surface area contributed by atoms with Crippen molar-refractivity contribution in [1.29, 1.82) is 0 Å². The smallest absolute Gasteiger partial charge is 0.389 e. The van der Waals surface area contributed by atoms with Gasteiger partial charge in [0, 0.05) is 49.8 Å². The summed E-state index contributed by atoms with van der Waals surface area (Å²) in [6.07, 6.45) is -5.38. The highest BCUT2D eigenvalue weighted by Crippen LogP contribution is 2.53. The number of aliphatic hydroxyl groups excluding tert-OH is 2. The first-order valence-electron chi connectivity index (χ1n) is 13.4. The number of nitrogens with zero attached hydrogens (tertiary/aromatic N) is 2. The molecule has 0 spiro atoms. The molecule has 230 valence electrons. The fourth-order valence-corrected chi connectivity index (χ4v) is 6.52. The van der Waals surface area contributed by atoms with Gasteiger partial charge in [0.2, 0.25) is 5.78 Å². The number of carbonyl (C=O) groups excluding carboxylic acids is 3. The molecule has 3 aliphatic rings. The van der Waals surface area contributed by atoms with Crippen LogP contribution >= 0.6 is 0 Å². The Morgan fingerprint density at radius 1 is 1.17 bits per heavy atom. The second-order valence-electron chi connectivity index (χ2n) is 11.5. The summed E-state index contributed by atoms with van der Waals surface area (Å²) in [6, 6.07) is 0.537. The highest BCUT2D eigenvalue weighted by Gasteiger charge is 2.63. The number of fused-ring (bicyclic) bond motifs is 3. The third-order valence-electron chi connectivity index (χ3n) is 8.39. The Bertz CT molecular complexity index is 1400. The van der Waals surface area contributed by atoms with Crippen LogP contribution in [0.15, 0.2) is 28.7 Å². The highest BCUT2D eigenvalue weighted by molar-refractivity contribution is 6.24. The fraction of sp³-hybridized carbons (Fsp3) is 0.536. The van der Waals surface area contributed by atoms with Crippen molar-refractivity contribution in [2.45, 2.75) is 50.0 Å². The van der Waals surface area contributed by atoms with E-state index in [0.717, 1.165) is 0 Å². The molecule has 4 atom stereocenters. The molecule has 0 aromatic heterocycles. The van der Waals surface area contributed by atoms with Gasteiger partial charge in [0.25, 0.3) is 5.91 Å². The van der Waals surface area contributed by atoms with Crippen LogP contribution in [-0.2, 0) is 22.6 Å². The molecule has 14 heteroatoms. The SMILES string of the molecule is CN(C)c1cc(CNCCCC(F)(F)F)c(O)c2c1C[C@H]1C[C@H]3[C@H](N(C)C)C(O)=C(C(N)=O)C(=O)[C@@]3(O)C(O)=C1C2=O. The molecule has 0 radical (unpaired) electrons. The predicted molar refractivity (Wildman–Crippen MR) is 145 cm³/mol. The van der Waals surface area contributed by atoms with Gasteiger partial charge in [0.05, 0.1) is 11.6 Å². The number of nitrogens with one attached hydrogen (secondary N) is 1. The number of rotatable bonds is 8. The summed E-state index contributed by atoms with van der Waals surface area (Å²) in [7, 11) is 6.54. The third-order valence-corrected chi connectivity index (χ3v) is 8.39. The van der Waals surface area contributed by atoms with Crippen LogP contribution in [0, 0.1) is 11.8 Å². The average molecular weight is 597 g/mol. The third kappa shape index (κ3) is 5.01. The number of hydrogen-bond acceptors (Lipinski definition) is 10. The summed E-state index contributed by atoms with van der Waals surface area (Å²) in [5.41, 5.74) is 2.51. The largest absolute Gasteiger partial charge is 0.510 e. The van der Waals surface area contributed by atoms with E-state index in [-0.39, 0.29) is 49.1 Å². The standard InChI is InChI=1S/C28H35F3N4O7/c1-34(2)16-10-13(11-33-7-5-6-27(29,30)31)21(36)18-14(16)8-12-9-15-20(35(3)4)23(38)19(26(32)41)25(40)28(15,42)24(39)17(12)22(18)37/h10,12,15,20,33,36,38-39,42H,5-9,11H2,1-4H3,(H2,32,41)/t12-,15-,20-,28-/m0/s1. The van der Waals surface area contributed by atoms with Gasteiger partial charge in [0.15, 0.2) is 11.4 Å². The van der Waals surface area contributed by atoms with E-state index in [1.807, 2.05) is 0 Å². The lowest BCUT2D eigenvalue weighted by Gasteiger charge is -2.50. The van der Waals surface area contributed by atoms with Crippen LogP contribution in [-0.4, -0.2) is 95.4 Å². The summed E-state index contributed by atoms with van der Waals surface area (Å²) >= 11 is 0. The molecule has 0 saturated carbocycles. The van der Waals surface area contributed by atoms with E-state index in [1.165, 1.54) is 4.90 Å². The molecule has 0 saturated heterocycles. The zero-order valence-electron chi connectivity index (χ0n) is 23.7. The summed E-state index contributed by atoms with van der Waals surface area (Å²) in [4.78, 5) is 42.7. The zero-order chi connectivity index (χ0) is 31.5. The number of amides is 1. The molecule has 0 bridgehead atoms. The maximum Gasteiger partial charge on any atom is 0.389 e. The van der Waals surface area contributed by atoms with Gasteiger partial charge in [-0.1, -0.05) is 0 Å². The number of likely N-dealkylation sites (N-methyl/N-ethyl adjacent to an activating group) is 1.